The standard InChI is InChI=1S/C8H13IO2/c1-4-11-8(10)7(9)5-6(2)3/h7H,2,4-5H2,1,3H3. The lowest BCUT2D eigenvalue weighted by Gasteiger charge is -2.07. The quantitative estimate of drug-likeness (QED) is 0.338. The summed E-state index contributed by atoms with van der Waals surface area (Å²) in [5.74, 6) is -0.142. The molecule has 0 aliphatic rings. The van der Waals surface area contributed by atoms with Crippen molar-refractivity contribution in [2.45, 2.75) is 24.2 Å². The zero-order valence-electron chi connectivity index (χ0n) is 6.89. The van der Waals surface area contributed by atoms with E-state index in [1.165, 1.54) is 0 Å². The van der Waals surface area contributed by atoms with Gasteiger partial charge in [-0.15, -0.1) is 6.58 Å². The van der Waals surface area contributed by atoms with E-state index >= 15 is 0 Å². The highest BCUT2D eigenvalue weighted by Gasteiger charge is 2.14. The van der Waals surface area contributed by atoms with Gasteiger partial charge in [0.15, 0.2) is 0 Å². The Balaban J connectivity index is 3.73. The molecular weight excluding hydrogens is 255 g/mol. The molecule has 1 unspecified atom stereocenters. The second-order valence-electron chi connectivity index (χ2n) is 2.38. The number of allylic oxidation sites excluding steroid dienone is 1. The fraction of sp³-hybridized carbons (Fsp3) is 0.625. The van der Waals surface area contributed by atoms with Crippen molar-refractivity contribution in [3.63, 3.8) is 0 Å². The van der Waals surface area contributed by atoms with Crippen molar-refractivity contribution in [1.29, 1.82) is 0 Å². The van der Waals surface area contributed by atoms with Gasteiger partial charge in [0.2, 0.25) is 0 Å². The van der Waals surface area contributed by atoms with E-state index in [2.05, 4.69) is 29.2 Å². The fourth-order valence-electron chi connectivity index (χ4n) is 0.622. The van der Waals surface area contributed by atoms with E-state index in [1.54, 1.807) is 0 Å². The Kier molecular flexibility index (Phi) is 5.54. The minimum Gasteiger partial charge on any atom is -0.465 e. The first-order chi connectivity index (χ1) is 5.07. The summed E-state index contributed by atoms with van der Waals surface area (Å²) in [6.07, 6.45) is 0.708. The molecule has 1 atom stereocenters. The topological polar surface area (TPSA) is 26.3 Å². The molecule has 3 heteroatoms. The zero-order valence-corrected chi connectivity index (χ0v) is 9.05. The van der Waals surface area contributed by atoms with Crippen molar-refractivity contribution in [3.8, 4) is 0 Å². The molecule has 11 heavy (non-hydrogen) atoms. The predicted octanol–water partition coefficient (Wildman–Crippen LogP) is 2.32. The van der Waals surface area contributed by atoms with Gasteiger partial charge in [0.05, 0.1) is 6.61 Å². The van der Waals surface area contributed by atoms with Crippen LogP contribution in [0.5, 0.6) is 0 Å². The average Bonchev–Trinajstić information content (AvgIpc) is 1.86. The summed E-state index contributed by atoms with van der Waals surface area (Å²) in [6.45, 7) is 7.89. The maximum absolute atomic E-state index is 11.0. The van der Waals surface area contributed by atoms with Crippen molar-refractivity contribution in [1.82, 2.24) is 0 Å². The molecule has 0 heterocycles. The molecule has 0 aliphatic heterocycles. The highest BCUT2D eigenvalue weighted by molar-refractivity contribution is 14.1. The smallest absolute Gasteiger partial charge is 0.319 e. The molecule has 0 aliphatic carbocycles. The molecule has 0 spiro atoms. The molecule has 0 aromatic carbocycles. The van der Waals surface area contributed by atoms with Crippen molar-refractivity contribution < 1.29 is 9.53 Å². The summed E-state index contributed by atoms with van der Waals surface area (Å²) in [5.41, 5.74) is 1.01. The van der Waals surface area contributed by atoms with E-state index in [-0.39, 0.29) is 9.89 Å². The van der Waals surface area contributed by atoms with E-state index in [0.717, 1.165) is 5.57 Å². The summed E-state index contributed by atoms with van der Waals surface area (Å²) in [4.78, 5) is 11.0. The first-order valence-corrected chi connectivity index (χ1v) is 4.77. The van der Waals surface area contributed by atoms with E-state index in [0.29, 0.717) is 13.0 Å². The monoisotopic (exact) mass is 268 g/mol. The number of hydrogen-bond acceptors (Lipinski definition) is 2. The molecule has 0 aromatic heterocycles. The van der Waals surface area contributed by atoms with Crippen LogP contribution in [0, 0.1) is 0 Å². The maximum Gasteiger partial charge on any atom is 0.319 e. The molecule has 0 N–H and O–H groups in total. The highest BCUT2D eigenvalue weighted by Crippen LogP contribution is 2.12. The Hall–Kier alpha value is -0.0600. The van der Waals surface area contributed by atoms with Crippen LogP contribution in [0.15, 0.2) is 12.2 Å². The van der Waals surface area contributed by atoms with Crippen LogP contribution in [0.3, 0.4) is 0 Å². The molecular formula is C8H13IO2. The average molecular weight is 268 g/mol. The molecule has 0 bridgehead atoms. The van der Waals surface area contributed by atoms with Crippen molar-refractivity contribution in [2.75, 3.05) is 6.61 Å². The van der Waals surface area contributed by atoms with Crippen LogP contribution in [-0.4, -0.2) is 16.5 Å². The van der Waals surface area contributed by atoms with E-state index in [4.69, 9.17) is 4.74 Å². The molecule has 0 saturated carbocycles. The summed E-state index contributed by atoms with van der Waals surface area (Å²) >= 11 is 2.07. The zero-order chi connectivity index (χ0) is 8.85. The van der Waals surface area contributed by atoms with Gasteiger partial charge in [0, 0.05) is 0 Å². The second-order valence-corrected chi connectivity index (χ2v) is 3.88. The first kappa shape index (κ1) is 10.9. The molecule has 0 saturated heterocycles. The van der Waals surface area contributed by atoms with E-state index in [9.17, 15) is 4.79 Å². The summed E-state index contributed by atoms with van der Waals surface area (Å²) in [6, 6.07) is 0. The van der Waals surface area contributed by atoms with Crippen LogP contribution in [-0.2, 0) is 9.53 Å². The van der Waals surface area contributed by atoms with Crippen LogP contribution in [0.25, 0.3) is 0 Å². The Labute approximate surface area is 81.1 Å². The molecule has 0 fully saturated rings. The number of carbonyl (C=O) groups is 1. The third kappa shape index (κ3) is 5.24. The van der Waals surface area contributed by atoms with Crippen LogP contribution in [0.4, 0.5) is 0 Å². The maximum atomic E-state index is 11.0. The van der Waals surface area contributed by atoms with Crippen LogP contribution < -0.4 is 0 Å². The van der Waals surface area contributed by atoms with Gasteiger partial charge in [-0.1, -0.05) is 28.2 Å². The third-order valence-electron chi connectivity index (χ3n) is 1.07. The van der Waals surface area contributed by atoms with E-state index < -0.39 is 0 Å². The number of carbonyl (C=O) groups excluding carboxylic acids is 1. The summed E-state index contributed by atoms with van der Waals surface area (Å²) in [5, 5.41) is 0. The summed E-state index contributed by atoms with van der Waals surface area (Å²) < 4.78 is 4.74. The SMILES string of the molecule is C=C(C)CC(I)C(=O)OCC. The van der Waals surface area contributed by atoms with Gasteiger partial charge in [-0.05, 0) is 20.3 Å². The minimum atomic E-state index is -0.142. The lowest BCUT2D eigenvalue weighted by atomic mass is 10.2. The van der Waals surface area contributed by atoms with Crippen LogP contribution in [0.1, 0.15) is 20.3 Å². The van der Waals surface area contributed by atoms with Gasteiger partial charge in [-0.2, -0.15) is 0 Å². The van der Waals surface area contributed by atoms with Gasteiger partial charge < -0.3 is 4.74 Å². The van der Waals surface area contributed by atoms with Gasteiger partial charge in [-0.3, -0.25) is 4.79 Å². The van der Waals surface area contributed by atoms with Crippen molar-refractivity contribution >= 4 is 28.6 Å². The highest BCUT2D eigenvalue weighted by atomic mass is 127. The summed E-state index contributed by atoms with van der Waals surface area (Å²) in [7, 11) is 0. The number of alkyl halides is 1. The van der Waals surface area contributed by atoms with Crippen molar-refractivity contribution in [3.05, 3.63) is 12.2 Å². The normalized spacial score (nSPS) is 12.3. The third-order valence-corrected chi connectivity index (χ3v) is 2.02. The Morgan fingerprint density at radius 2 is 2.27 bits per heavy atom. The molecule has 0 rings (SSSR count). The van der Waals surface area contributed by atoms with Gasteiger partial charge in [0.25, 0.3) is 0 Å². The Morgan fingerprint density at radius 3 is 2.64 bits per heavy atom. The Bertz CT molecular complexity index is 154. The number of ether oxygens (including phenoxy) is 1. The first-order valence-electron chi connectivity index (χ1n) is 3.53. The number of halogens is 1. The number of rotatable bonds is 4. The Morgan fingerprint density at radius 1 is 1.73 bits per heavy atom. The van der Waals surface area contributed by atoms with E-state index in [1.807, 2.05) is 13.8 Å². The van der Waals surface area contributed by atoms with Crippen LogP contribution in [0.2, 0.25) is 0 Å². The molecule has 2 nitrogen and oxygen atoms in total. The molecule has 64 valence electrons. The van der Waals surface area contributed by atoms with Gasteiger partial charge in [0.1, 0.15) is 3.92 Å². The molecule has 0 radical (unpaired) electrons. The number of esters is 1. The fourth-order valence-corrected chi connectivity index (χ4v) is 1.55. The second kappa shape index (κ2) is 5.57. The van der Waals surface area contributed by atoms with Gasteiger partial charge in [-0.25, -0.2) is 0 Å². The molecule has 0 aromatic rings. The largest absolute Gasteiger partial charge is 0.465 e. The number of hydrogen-bond donors (Lipinski definition) is 0. The van der Waals surface area contributed by atoms with Gasteiger partial charge >= 0.3 is 5.97 Å². The van der Waals surface area contributed by atoms with Crippen molar-refractivity contribution in [2.24, 2.45) is 0 Å². The van der Waals surface area contributed by atoms with Crippen LogP contribution >= 0.6 is 22.6 Å². The minimum absolute atomic E-state index is 0.0787. The predicted molar refractivity (Wildman–Crippen MR) is 53.9 cm³/mol. The molecule has 0 amide bonds. The lowest BCUT2D eigenvalue weighted by Crippen LogP contribution is -2.17. The lowest BCUT2D eigenvalue weighted by molar-refractivity contribution is -0.141.